The molecule has 3 rings (SSSR count). The molecule has 1 aromatic carbocycles. The van der Waals surface area contributed by atoms with Gasteiger partial charge < -0.3 is 9.63 Å². The van der Waals surface area contributed by atoms with Gasteiger partial charge in [-0.1, -0.05) is 17.3 Å². The molecule has 20 heavy (non-hydrogen) atoms. The molecule has 0 aliphatic carbocycles. The number of hydrogen-bond acceptors (Lipinski definition) is 5. The molecule has 0 atom stereocenters. The number of phenols is 1. The summed E-state index contributed by atoms with van der Waals surface area (Å²) in [5.74, 6) is 0.818. The van der Waals surface area contributed by atoms with E-state index in [1.54, 1.807) is 18.3 Å². The topological polar surface area (TPSA) is 72.0 Å². The normalized spacial score (nSPS) is 10.7. The van der Waals surface area contributed by atoms with Gasteiger partial charge in [0.15, 0.2) is 0 Å². The smallest absolute Gasteiger partial charge is 0.262 e. The minimum atomic E-state index is 0.123. The lowest BCUT2D eigenvalue weighted by Gasteiger charge is -2.00. The first kappa shape index (κ1) is 12.3. The van der Waals surface area contributed by atoms with Crippen LogP contribution in [0.5, 0.6) is 5.75 Å². The van der Waals surface area contributed by atoms with Crippen molar-refractivity contribution in [2.75, 3.05) is 0 Å². The van der Waals surface area contributed by atoms with Gasteiger partial charge in [-0.05, 0) is 43.2 Å². The van der Waals surface area contributed by atoms with Crippen molar-refractivity contribution in [2.24, 2.45) is 0 Å². The molecule has 5 heteroatoms. The van der Waals surface area contributed by atoms with Crippen molar-refractivity contribution in [1.82, 2.24) is 15.1 Å². The van der Waals surface area contributed by atoms with Gasteiger partial charge in [0.2, 0.25) is 5.82 Å². The first-order valence-electron chi connectivity index (χ1n) is 6.21. The summed E-state index contributed by atoms with van der Waals surface area (Å²) >= 11 is 0. The van der Waals surface area contributed by atoms with Gasteiger partial charge in [0.25, 0.3) is 5.89 Å². The van der Waals surface area contributed by atoms with Crippen LogP contribution in [-0.4, -0.2) is 20.2 Å². The summed E-state index contributed by atoms with van der Waals surface area (Å²) in [4.78, 5) is 8.55. The number of phenolic OH excluding ortho intramolecular Hbond substituents is 1. The van der Waals surface area contributed by atoms with Crippen LogP contribution in [-0.2, 0) is 0 Å². The molecular formula is C15H13N3O2. The Morgan fingerprint density at radius 1 is 1.15 bits per heavy atom. The highest BCUT2D eigenvalue weighted by atomic mass is 16.5. The van der Waals surface area contributed by atoms with Crippen molar-refractivity contribution < 1.29 is 9.63 Å². The second-order valence-electron chi connectivity index (χ2n) is 4.61. The number of aryl methyl sites for hydroxylation is 2. The third-order valence-electron chi connectivity index (χ3n) is 3.03. The Morgan fingerprint density at radius 2 is 2.00 bits per heavy atom. The standard InChI is InChI=1S/C15H13N3O2/c1-9-5-6-11(12(19)8-9)15-17-14(18-20-15)13-10(2)4-3-7-16-13/h3-8,19H,1-2H3. The fraction of sp³-hybridized carbons (Fsp3) is 0.133. The molecule has 0 saturated carbocycles. The number of hydrogen-bond donors (Lipinski definition) is 1. The summed E-state index contributed by atoms with van der Waals surface area (Å²) in [7, 11) is 0. The molecule has 0 unspecified atom stereocenters. The van der Waals surface area contributed by atoms with Crippen LogP contribution in [0.3, 0.4) is 0 Å². The molecule has 5 nitrogen and oxygen atoms in total. The highest BCUT2D eigenvalue weighted by Crippen LogP contribution is 2.30. The Morgan fingerprint density at radius 3 is 2.75 bits per heavy atom. The van der Waals surface area contributed by atoms with Crippen LogP contribution in [0.1, 0.15) is 11.1 Å². The van der Waals surface area contributed by atoms with Crippen LogP contribution >= 0.6 is 0 Å². The SMILES string of the molecule is Cc1ccc(-c2nc(-c3ncccc3C)no2)c(O)c1. The fourth-order valence-electron chi connectivity index (χ4n) is 1.97. The molecule has 100 valence electrons. The predicted octanol–water partition coefficient (Wildman–Crippen LogP) is 3.12. The minimum absolute atomic E-state index is 0.123. The summed E-state index contributed by atoms with van der Waals surface area (Å²) < 4.78 is 5.22. The van der Waals surface area contributed by atoms with Crippen LogP contribution < -0.4 is 0 Å². The van der Waals surface area contributed by atoms with E-state index in [2.05, 4.69) is 15.1 Å². The first-order valence-corrected chi connectivity index (χ1v) is 6.21. The van der Waals surface area contributed by atoms with E-state index >= 15 is 0 Å². The fourth-order valence-corrected chi connectivity index (χ4v) is 1.97. The van der Waals surface area contributed by atoms with Gasteiger partial charge in [-0.2, -0.15) is 4.98 Å². The summed E-state index contributed by atoms with van der Waals surface area (Å²) in [6, 6.07) is 9.08. The second-order valence-corrected chi connectivity index (χ2v) is 4.61. The summed E-state index contributed by atoms with van der Waals surface area (Å²) in [5, 5.41) is 13.9. The van der Waals surface area contributed by atoms with Gasteiger partial charge in [-0.25, -0.2) is 0 Å². The van der Waals surface area contributed by atoms with Gasteiger partial charge in [-0.15, -0.1) is 0 Å². The third-order valence-corrected chi connectivity index (χ3v) is 3.03. The number of aromatic hydroxyl groups is 1. The van der Waals surface area contributed by atoms with E-state index in [1.807, 2.05) is 32.0 Å². The van der Waals surface area contributed by atoms with E-state index in [4.69, 9.17) is 4.52 Å². The molecule has 0 aliphatic rings. The Hall–Kier alpha value is -2.69. The average molecular weight is 267 g/mol. The Kier molecular flexibility index (Phi) is 2.95. The Labute approximate surface area is 115 Å². The number of rotatable bonds is 2. The van der Waals surface area contributed by atoms with E-state index in [1.165, 1.54) is 0 Å². The van der Waals surface area contributed by atoms with E-state index in [0.29, 0.717) is 17.1 Å². The Bertz CT molecular complexity index is 765. The Balaban J connectivity index is 2.04. The van der Waals surface area contributed by atoms with Gasteiger partial charge in [0.05, 0.1) is 5.56 Å². The van der Waals surface area contributed by atoms with Gasteiger partial charge in [0.1, 0.15) is 11.4 Å². The third kappa shape index (κ3) is 2.14. The quantitative estimate of drug-likeness (QED) is 0.772. The van der Waals surface area contributed by atoms with Gasteiger partial charge >= 0.3 is 0 Å². The summed E-state index contributed by atoms with van der Waals surface area (Å²) in [6.45, 7) is 3.84. The van der Waals surface area contributed by atoms with Crippen molar-refractivity contribution >= 4 is 0 Å². The van der Waals surface area contributed by atoms with Gasteiger partial charge in [-0.3, -0.25) is 4.98 Å². The van der Waals surface area contributed by atoms with Crippen LogP contribution in [0, 0.1) is 13.8 Å². The molecule has 0 aliphatic heterocycles. The molecule has 0 spiro atoms. The zero-order valence-corrected chi connectivity index (χ0v) is 11.2. The maximum absolute atomic E-state index is 9.94. The molecular weight excluding hydrogens is 254 g/mol. The minimum Gasteiger partial charge on any atom is -0.507 e. The van der Waals surface area contributed by atoms with E-state index in [0.717, 1.165) is 11.1 Å². The molecule has 0 bridgehead atoms. The first-order chi connectivity index (χ1) is 9.65. The van der Waals surface area contributed by atoms with Crippen LogP contribution in [0.2, 0.25) is 0 Å². The monoisotopic (exact) mass is 267 g/mol. The average Bonchev–Trinajstić information content (AvgIpc) is 2.88. The summed E-state index contributed by atoms with van der Waals surface area (Å²) in [5.41, 5.74) is 3.12. The van der Waals surface area contributed by atoms with E-state index in [-0.39, 0.29) is 11.6 Å². The number of aromatic nitrogens is 3. The van der Waals surface area contributed by atoms with Crippen LogP contribution in [0.4, 0.5) is 0 Å². The number of pyridine rings is 1. The molecule has 0 fully saturated rings. The zero-order valence-electron chi connectivity index (χ0n) is 11.2. The van der Waals surface area contributed by atoms with Crippen molar-refractivity contribution in [2.45, 2.75) is 13.8 Å². The van der Waals surface area contributed by atoms with Crippen molar-refractivity contribution in [3.05, 3.63) is 47.7 Å². The molecule has 3 aromatic rings. The zero-order chi connectivity index (χ0) is 14.1. The van der Waals surface area contributed by atoms with Crippen LogP contribution in [0.15, 0.2) is 41.1 Å². The molecule has 1 N–H and O–H groups in total. The van der Waals surface area contributed by atoms with Crippen molar-refractivity contribution in [1.29, 1.82) is 0 Å². The molecule has 0 radical (unpaired) electrons. The molecule has 0 saturated heterocycles. The molecule has 0 amide bonds. The highest BCUT2D eigenvalue weighted by molar-refractivity contribution is 5.65. The molecule has 2 aromatic heterocycles. The highest BCUT2D eigenvalue weighted by Gasteiger charge is 2.15. The van der Waals surface area contributed by atoms with Crippen molar-refractivity contribution in [3.8, 4) is 28.7 Å². The lowest BCUT2D eigenvalue weighted by Crippen LogP contribution is -1.89. The second kappa shape index (κ2) is 4.77. The maximum atomic E-state index is 9.94. The largest absolute Gasteiger partial charge is 0.507 e. The lowest BCUT2D eigenvalue weighted by atomic mass is 10.1. The maximum Gasteiger partial charge on any atom is 0.262 e. The van der Waals surface area contributed by atoms with Crippen LogP contribution in [0.25, 0.3) is 23.0 Å². The summed E-state index contributed by atoms with van der Waals surface area (Å²) in [6.07, 6.45) is 1.68. The van der Waals surface area contributed by atoms with Gasteiger partial charge in [0, 0.05) is 6.20 Å². The van der Waals surface area contributed by atoms with Crippen molar-refractivity contribution in [3.63, 3.8) is 0 Å². The predicted molar refractivity (Wildman–Crippen MR) is 74.1 cm³/mol. The van der Waals surface area contributed by atoms with E-state index in [9.17, 15) is 5.11 Å². The van der Waals surface area contributed by atoms with E-state index < -0.39 is 0 Å². The lowest BCUT2D eigenvalue weighted by molar-refractivity contribution is 0.425. The number of benzene rings is 1. The molecule has 2 heterocycles. The number of nitrogens with zero attached hydrogens (tertiary/aromatic N) is 3.